The number of rotatable bonds is 9. The molecule has 7 nitrogen and oxygen atoms in total. The molecule has 0 unspecified atom stereocenters. The van der Waals surface area contributed by atoms with Gasteiger partial charge in [0.2, 0.25) is 11.8 Å². The van der Waals surface area contributed by atoms with Crippen molar-refractivity contribution in [2.24, 2.45) is 0 Å². The molecule has 0 saturated carbocycles. The van der Waals surface area contributed by atoms with E-state index < -0.39 is 94.2 Å². The van der Waals surface area contributed by atoms with Crippen molar-refractivity contribution in [1.82, 2.24) is 15.6 Å². The number of hydrogen-bond acceptors (Lipinski definition) is 5. The summed E-state index contributed by atoms with van der Waals surface area (Å²) in [6.07, 6.45) is -13.8. The van der Waals surface area contributed by atoms with Crippen LogP contribution in [-0.2, 0) is 31.4 Å². The lowest BCUT2D eigenvalue weighted by Crippen LogP contribution is -2.59. The second-order valence-corrected chi connectivity index (χ2v) is 11.6. The molecule has 0 bridgehead atoms. The Balaban J connectivity index is 2.08. The average Bonchev–Trinajstić information content (AvgIpc) is 2.84. The first-order valence-corrected chi connectivity index (χ1v) is 13.8. The van der Waals surface area contributed by atoms with Gasteiger partial charge >= 0.3 is 12.4 Å². The normalized spacial score (nSPS) is 18.4. The van der Waals surface area contributed by atoms with E-state index in [2.05, 4.69) is 10.3 Å². The topological polar surface area (TPSA) is 105 Å². The Morgan fingerprint density at radius 1 is 1.07 bits per heavy atom. The predicted octanol–water partition coefficient (Wildman–Crippen LogP) is 4.41. The van der Waals surface area contributed by atoms with Crippen molar-refractivity contribution in [1.29, 1.82) is 0 Å². The third kappa shape index (κ3) is 8.01. The van der Waals surface area contributed by atoms with Gasteiger partial charge in [-0.1, -0.05) is 24.3 Å². The second kappa shape index (κ2) is 11.7. The molecular weight excluding hydrogens is 590 g/mol. The van der Waals surface area contributed by atoms with Crippen LogP contribution in [0.2, 0.25) is 0 Å². The summed E-state index contributed by atoms with van der Waals surface area (Å²) in [5.41, 5.74) is -5.15. The molecule has 41 heavy (non-hydrogen) atoms. The fourth-order valence-corrected chi connectivity index (χ4v) is 4.77. The van der Waals surface area contributed by atoms with Crippen LogP contribution in [0.25, 0.3) is 5.57 Å². The molecule has 1 atom stereocenters. The molecule has 1 aliphatic heterocycles. The molecule has 1 aromatic heterocycles. The molecule has 2 aromatic rings. The maximum atomic E-state index is 14.7. The number of carbonyl (C=O) groups is 2. The quantitative estimate of drug-likeness (QED) is 0.408. The van der Waals surface area contributed by atoms with E-state index in [0.717, 1.165) is 42.7 Å². The molecule has 0 fully saturated rings. The zero-order valence-corrected chi connectivity index (χ0v) is 22.0. The maximum absolute atomic E-state index is 14.7. The minimum absolute atomic E-state index is 0.0971. The molecule has 224 valence electrons. The largest absolute Gasteiger partial charge is 0.416 e. The number of benzene rings is 1. The Hall–Kier alpha value is -3.56. The summed E-state index contributed by atoms with van der Waals surface area (Å²) in [4.78, 5) is 29.0. The van der Waals surface area contributed by atoms with Crippen LogP contribution in [0.5, 0.6) is 0 Å². The van der Waals surface area contributed by atoms with E-state index >= 15 is 0 Å². The van der Waals surface area contributed by atoms with Gasteiger partial charge in [0.05, 0.1) is 5.69 Å². The zero-order valence-electron chi connectivity index (χ0n) is 21.2. The monoisotopic (exact) mass is 613 g/mol. The van der Waals surface area contributed by atoms with Gasteiger partial charge in [0.15, 0.2) is 15.4 Å². The Morgan fingerprint density at radius 3 is 2.20 bits per heavy atom. The van der Waals surface area contributed by atoms with Gasteiger partial charge in [-0.2, -0.15) is 26.3 Å². The lowest BCUT2D eigenvalue weighted by Gasteiger charge is -2.41. The average molecular weight is 614 g/mol. The molecule has 1 aliphatic rings. The van der Waals surface area contributed by atoms with Crippen LogP contribution in [0.3, 0.4) is 0 Å². The smallest absolute Gasteiger partial charge is 0.351 e. The highest BCUT2D eigenvalue weighted by Crippen LogP contribution is 2.48. The third-order valence-electron chi connectivity index (χ3n) is 6.24. The molecule has 0 radical (unpaired) electrons. The molecular formula is C25H23F8N3O4S. The molecule has 3 rings (SSSR count). The van der Waals surface area contributed by atoms with Crippen LogP contribution in [0, 0.1) is 0 Å². The van der Waals surface area contributed by atoms with Gasteiger partial charge in [-0.15, -0.1) is 0 Å². The van der Waals surface area contributed by atoms with E-state index in [1.807, 2.05) is 5.32 Å². The molecule has 2 heterocycles. The van der Waals surface area contributed by atoms with Gasteiger partial charge in [-0.05, 0) is 35.3 Å². The summed E-state index contributed by atoms with van der Waals surface area (Å²) in [6, 6.07) is 5.89. The van der Waals surface area contributed by atoms with Crippen molar-refractivity contribution in [3.05, 3.63) is 70.6 Å². The van der Waals surface area contributed by atoms with Crippen LogP contribution >= 0.6 is 0 Å². The minimum Gasteiger partial charge on any atom is -0.351 e. The number of nitrogens with zero attached hydrogens (tertiary/aromatic N) is 1. The zero-order chi connectivity index (χ0) is 30.8. The van der Waals surface area contributed by atoms with Gasteiger partial charge in [0.25, 0.3) is 6.43 Å². The van der Waals surface area contributed by atoms with Gasteiger partial charge in [-0.25, -0.2) is 17.2 Å². The number of halogens is 8. The Kier molecular flexibility index (Phi) is 9.15. The first-order valence-electron chi connectivity index (χ1n) is 11.8. The highest BCUT2D eigenvalue weighted by Gasteiger charge is 2.59. The Labute approximate surface area is 228 Å². The Bertz CT molecular complexity index is 1420. The highest BCUT2D eigenvalue weighted by atomic mass is 32.2. The number of hydrogen-bond donors (Lipinski definition) is 2. The maximum Gasteiger partial charge on any atom is 0.416 e. The van der Waals surface area contributed by atoms with E-state index in [4.69, 9.17) is 0 Å². The number of carbonyl (C=O) groups excluding carboxylic acids is 2. The first kappa shape index (κ1) is 32.0. The fraction of sp³-hybridized carbons (Fsp3) is 0.400. The van der Waals surface area contributed by atoms with Crippen molar-refractivity contribution in [2.75, 3.05) is 18.6 Å². The van der Waals surface area contributed by atoms with Crippen molar-refractivity contribution in [3.8, 4) is 0 Å². The minimum atomic E-state index is -5.17. The summed E-state index contributed by atoms with van der Waals surface area (Å²) in [5, 5.41) is 4.04. The molecule has 0 aliphatic carbocycles. The summed E-state index contributed by atoms with van der Waals surface area (Å²) >= 11 is 0. The van der Waals surface area contributed by atoms with Crippen LogP contribution in [-0.4, -0.2) is 56.1 Å². The van der Waals surface area contributed by atoms with Crippen LogP contribution < -0.4 is 10.6 Å². The van der Waals surface area contributed by atoms with Crippen molar-refractivity contribution in [3.63, 3.8) is 0 Å². The number of alkyl halides is 8. The van der Waals surface area contributed by atoms with Gasteiger partial charge in [0, 0.05) is 43.0 Å². The number of aryl methyl sites for hydroxylation is 1. The fourth-order valence-electron chi connectivity index (χ4n) is 4.19. The molecule has 1 aromatic carbocycles. The third-order valence-corrected chi connectivity index (χ3v) is 7.02. The number of aromatic nitrogens is 1. The van der Waals surface area contributed by atoms with E-state index in [0.29, 0.717) is 6.20 Å². The van der Waals surface area contributed by atoms with E-state index in [9.17, 15) is 53.1 Å². The number of sulfone groups is 1. The standard InChI is InChI=1S/C25H23F8N3O4S/c1-41(39,40)13-20(37)35-12-18-17(19-7-4-15(11-34-19)21(26)27)10-23(25(31,32)33,36-22(18)38)16-5-2-14(3-6-16)8-9-24(28,29)30/h2-7,11,21H,8-10,12-13H2,1H3,(H,35,37)(H,36,38)/t23-/m1/s1. The molecule has 2 N–H and O–H groups in total. The van der Waals surface area contributed by atoms with Crippen LogP contribution in [0.4, 0.5) is 35.1 Å². The van der Waals surface area contributed by atoms with Crippen LogP contribution in [0.15, 0.2) is 48.2 Å². The van der Waals surface area contributed by atoms with Crippen molar-refractivity contribution >= 4 is 27.2 Å². The van der Waals surface area contributed by atoms with Crippen molar-refractivity contribution < 1.29 is 53.1 Å². The number of pyridine rings is 1. The summed E-state index contributed by atoms with van der Waals surface area (Å²) in [5.74, 6) is -3.33. The summed E-state index contributed by atoms with van der Waals surface area (Å²) in [7, 11) is -3.78. The van der Waals surface area contributed by atoms with Crippen LogP contribution in [0.1, 0.15) is 41.7 Å². The number of amides is 2. The van der Waals surface area contributed by atoms with E-state index in [1.54, 1.807) is 0 Å². The number of nitrogens with one attached hydrogen (secondary N) is 2. The lowest BCUT2D eigenvalue weighted by atomic mass is 9.77. The second-order valence-electron chi connectivity index (χ2n) is 9.43. The highest BCUT2D eigenvalue weighted by molar-refractivity contribution is 7.91. The SMILES string of the molecule is CS(=O)(=O)CC(=O)NCC1=C(c2ccc(C(F)F)cn2)C[C@@](c2ccc(CCC(F)(F)F)cc2)(C(F)(F)F)NC1=O. The van der Waals surface area contributed by atoms with Crippen molar-refractivity contribution in [2.45, 2.75) is 43.6 Å². The summed E-state index contributed by atoms with van der Waals surface area (Å²) in [6.45, 7) is -0.710. The predicted molar refractivity (Wildman–Crippen MR) is 130 cm³/mol. The summed E-state index contributed by atoms with van der Waals surface area (Å²) < 4.78 is 131. The van der Waals surface area contributed by atoms with E-state index in [1.165, 1.54) is 0 Å². The van der Waals surface area contributed by atoms with Gasteiger partial charge in [0.1, 0.15) is 5.75 Å². The molecule has 16 heteroatoms. The van der Waals surface area contributed by atoms with Gasteiger partial charge in [-0.3, -0.25) is 14.6 Å². The Morgan fingerprint density at radius 2 is 1.71 bits per heavy atom. The first-order chi connectivity index (χ1) is 18.8. The van der Waals surface area contributed by atoms with Gasteiger partial charge < -0.3 is 10.6 Å². The molecule has 2 amide bonds. The lowest BCUT2D eigenvalue weighted by molar-refractivity contribution is -0.201. The van der Waals surface area contributed by atoms with E-state index in [-0.39, 0.29) is 16.8 Å². The molecule has 0 spiro atoms. The molecule has 0 saturated heterocycles.